The van der Waals surface area contributed by atoms with Gasteiger partial charge in [-0.15, -0.1) is 0 Å². The van der Waals surface area contributed by atoms with Crippen LogP contribution in [-0.4, -0.2) is 11.7 Å². The maximum atomic E-state index is 12.7. The normalized spacial score (nSPS) is 16.1. The zero-order valence-electron chi connectivity index (χ0n) is 9.42. The zero-order valence-corrected chi connectivity index (χ0v) is 9.42. The van der Waals surface area contributed by atoms with E-state index < -0.39 is 11.0 Å². The smallest absolute Gasteiger partial charge is 0.123 e. The summed E-state index contributed by atoms with van der Waals surface area (Å²) in [5.41, 5.74) is 4.79. The van der Waals surface area contributed by atoms with E-state index in [1.807, 2.05) is 13.8 Å². The fourth-order valence-electron chi connectivity index (χ4n) is 1.36. The molecule has 0 aliphatic rings. The van der Waals surface area contributed by atoms with Crippen molar-refractivity contribution in [3.8, 4) is 0 Å². The highest BCUT2D eigenvalue weighted by Gasteiger charge is 2.39. The lowest BCUT2D eigenvalue weighted by atomic mass is 9.72. The van der Waals surface area contributed by atoms with Gasteiger partial charge in [0.1, 0.15) is 5.82 Å². The molecule has 0 saturated heterocycles. The van der Waals surface area contributed by atoms with Crippen molar-refractivity contribution in [2.24, 2.45) is 11.1 Å². The Hall–Kier alpha value is -0.930. The molecular weight excluding hydrogens is 193 g/mol. The largest absolute Gasteiger partial charge is 0.385 e. The maximum absolute atomic E-state index is 12.7. The van der Waals surface area contributed by atoms with E-state index in [1.165, 1.54) is 12.1 Å². The average molecular weight is 211 g/mol. The number of hydrogen-bond donors (Lipinski definition) is 2. The van der Waals surface area contributed by atoms with Crippen LogP contribution >= 0.6 is 0 Å². The summed E-state index contributed by atoms with van der Waals surface area (Å²) in [5.74, 6) is -0.305. The number of rotatable bonds is 3. The van der Waals surface area contributed by atoms with Gasteiger partial charge >= 0.3 is 0 Å². The summed E-state index contributed by atoms with van der Waals surface area (Å²) in [4.78, 5) is 0. The summed E-state index contributed by atoms with van der Waals surface area (Å²) in [6.07, 6.45) is 0. The molecule has 0 amide bonds. The second-order valence-electron chi connectivity index (χ2n) is 4.67. The van der Waals surface area contributed by atoms with Crippen LogP contribution in [0, 0.1) is 11.2 Å². The lowest BCUT2D eigenvalue weighted by molar-refractivity contribution is -0.0521. The van der Waals surface area contributed by atoms with Crippen LogP contribution in [0.5, 0.6) is 0 Å². The Morgan fingerprint density at radius 3 is 2.07 bits per heavy atom. The molecule has 0 heterocycles. The third-order valence-corrected chi connectivity index (χ3v) is 3.23. The van der Waals surface area contributed by atoms with Gasteiger partial charge in [0.25, 0.3) is 0 Å². The molecule has 0 aromatic heterocycles. The van der Waals surface area contributed by atoms with Crippen molar-refractivity contribution in [3.63, 3.8) is 0 Å². The molecule has 1 aromatic rings. The van der Waals surface area contributed by atoms with Crippen LogP contribution in [0.25, 0.3) is 0 Å². The van der Waals surface area contributed by atoms with Gasteiger partial charge in [-0.1, -0.05) is 26.0 Å². The summed E-state index contributed by atoms with van der Waals surface area (Å²) in [7, 11) is 0. The Labute approximate surface area is 89.9 Å². The molecule has 84 valence electrons. The third kappa shape index (κ3) is 2.19. The van der Waals surface area contributed by atoms with Crippen molar-refractivity contribution >= 4 is 0 Å². The summed E-state index contributed by atoms with van der Waals surface area (Å²) in [6.45, 7) is 5.83. The fraction of sp³-hybridized carbons (Fsp3) is 0.500. The van der Waals surface area contributed by atoms with Gasteiger partial charge in [-0.3, -0.25) is 0 Å². The number of hydrogen-bond acceptors (Lipinski definition) is 2. The van der Waals surface area contributed by atoms with Crippen LogP contribution in [0.2, 0.25) is 0 Å². The van der Waals surface area contributed by atoms with Crippen LogP contribution in [0.15, 0.2) is 24.3 Å². The molecule has 3 heteroatoms. The van der Waals surface area contributed by atoms with E-state index in [0.29, 0.717) is 12.1 Å². The van der Waals surface area contributed by atoms with E-state index in [4.69, 9.17) is 5.73 Å². The maximum Gasteiger partial charge on any atom is 0.123 e. The van der Waals surface area contributed by atoms with Crippen molar-refractivity contribution in [2.45, 2.75) is 26.4 Å². The monoisotopic (exact) mass is 211 g/mol. The second kappa shape index (κ2) is 3.91. The molecule has 0 spiro atoms. The number of nitrogens with two attached hydrogens (primary N) is 1. The molecule has 0 bridgehead atoms. The van der Waals surface area contributed by atoms with Crippen molar-refractivity contribution in [3.05, 3.63) is 35.6 Å². The van der Waals surface area contributed by atoms with Crippen LogP contribution < -0.4 is 5.73 Å². The molecule has 1 atom stereocenters. The summed E-state index contributed by atoms with van der Waals surface area (Å²) in [5, 5.41) is 10.4. The highest BCUT2D eigenvalue weighted by atomic mass is 19.1. The van der Waals surface area contributed by atoms with Crippen LogP contribution in [0.4, 0.5) is 4.39 Å². The molecule has 0 aliphatic carbocycles. The first kappa shape index (κ1) is 12.1. The fourth-order valence-corrected chi connectivity index (χ4v) is 1.36. The molecule has 1 unspecified atom stereocenters. The molecule has 0 saturated carbocycles. The van der Waals surface area contributed by atoms with Crippen molar-refractivity contribution < 1.29 is 9.50 Å². The minimum Gasteiger partial charge on any atom is -0.385 e. The van der Waals surface area contributed by atoms with Gasteiger partial charge in [-0.25, -0.2) is 4.39 Å². The highest BCUT2D eigenvalue weighted by Crippen LogP contribution is 2.38. The first-order valence-corrected chi connectivity index (χ1v) is 5.00. The van der Waals surface area contributed by atoms with Crippen LogP contribution in [0.3, 0.4) is 0 Å². The Morgan fingerprint density at radius 1 is 1.20 bits per heavy atom. The van der Waals surface area contributed by atoms with Gasteiger partial charge in [0.05, 0.1) is 5.60 Å². The van der Waals surface area contributed by atoms with E-state index in [1.54, 1.807) is 19.1 Å². The van der Waals surface area contributed by atoms with Gasteiger partial charge in [-0.2, -0.15) is 0 Å². The molecule has 2 nitrogen and oxygen atoms in total. The van der Waals surface area contributed by atoms with Gasteiger partial charge in [-0.05, 0) is 24.6 Å². The van der Waals surface area contributed by atoms with E-state index in [2.05, 4.69) is 0 Å². The number of halogens is 1. The molecule has 15 heavy (non-hydrogen) atoms. The molecule has 3 N–H and O–H groups in total. The van der Waals surface area contributed by atoms with Gasteiger partial charge in [0, 0.05) is 12.0 Å². The quantitative estimate of drug-likeness (QED) is 0.803. The second-order valence-corrected chi connectivity index (χ2v) is 4.67. The van der Waals surface area contributed by atoms with Crippen molar-refractivity contribution in [1.29, 1.82) is 0 Å². The Kier molecular flexibility index (Phi) is 3.16. The summed E-state index contributed by atoms with van der Waals surface area (Å²) in [6, 6.07) is 5.87. The predicted molar refractivity (Wildman–Crippen MR) is 58.8 cm³/mol. The Bertz CT molecular complexity index is 330. The van der Waals surface area contributed by atoms with E-state index in [9.17, 15) is 9.50 Å². The first-order chi connectivity index (χ1) is 6.81. The van der Waals surface area contributed by atoms with Gasteiger partial charge < -0.3 is 10.8 Å². The first-order valence-electron chi connectivity index (χ1n) is 5.00. The van der Waals surface area contributed by atoms with Crippen molar-refractivity contribution in [1.82, 2.24) is 0 Å². The average Bonchev–Trinajstić information content (AvgIpc) is 2.18. The standard InChI is InChI=1S/C12H18FNO/c1-11(2,8-14)12(3,15)9-4-6-10(13)7-5-9/h4-7,15H,8,14H2,1-3H3. The number of benzene rings is 1. The minimum atomic E-state index is -1.06. The lowest BCUT2D eigenvalue weighted by Crippen LogP contribution is -2.44. The SMILES string of the molecule is CC(C)(CN)C(C)(O)c1ccc(F)cc1. The number of aliphatic hydroxyl groups is 1. The van der Waals surface area contributed by atoms with E-state index in [-0.39, 0.29) is 5.82 Å². The lowest BCUT2D eigenvalue weighted by Gasteiger charge is -2.39. The van der Waals surface area contributed by atoms with Gasteiger partial charge in [0.15, 0.2) is 0 Å². The molecule has 0 aliphatic heterocycles. The molecule has 0 radical (unpaired) electrons. The molecule has 1 aromatic carbocycles. The minimum absolute atomic E-state index is 0.305. The van der Waals surface area contributed by atoms with Gasteiger partial charge in [0.2, 0.25) is 0 Å². The molecule has 0 fully saturated rings. The van der Waals surface area contributed by atoms with Crippen LogP contribution in [-0.2, 0) is 5.60 Å². The van der Waals surface area contributed by atoms with Crippen LogP contribution in [0.1, 0.15) is 26.3 Å². The zero-order chi connectivity index (χ0) is 11.7. The molecule has 1 rings (SSSR count). The topological polar surface area (TPSA) is 46.2 Å². The summed E-state index contributed by atoms with van der Waals surface area (Å²) >= 11 is 0. The Balaban J connectivity index is 3.10. The van der Waals surface area contributed by atoms with E-state index in [0.717, 1.165) is 0 Å². The van der Waals surface area contributed by atoms with Crippen molar-refractivity contribution in [2.75, 3.05) is 6.54 Å². The predicted octanol–water partition coefficient (Wildman–Crippen LogP) is 2.02. The Morgan fingerprint density at radius 2 is 1.67 bits per heavy atom. The van der Waals surface area contributed by atoms with E-state index >= 15 is 0 Å². The highest BCUT2D eigenvalue weighted by molar-refractivity contribution is 5.24. The summed E-state index contributed by atoms with van der Waals surface area (Å²) < 4.78 is 12.7. The third-order valence-electron chi connectivity index (χ3n) is 3.23. The molecular formula is C12H18FNO.